The molecule has 0 N–H and O–H groups in total. The summed E-state index contributed by atoms with van der Waals surface area (Å²) in [6.07, 6.45) is 10.0. The summed E-state index contributed by atoms with van der Waals surface area (Å²) in [5.74, 6) is 0.0402. The van der Waals surface area contributed by atoms with Gasteiger partial charge in [-0.3, -0.25) is 0 Å². The van der Waals surface area contributed by atoms with Crippen molar-refractivity contribution >= 4 is 5.91 Å². The van der Waals surface area contributed by atoms with Crippen molar-refractivity contribution in [2.75, 3.05) is 0 Å². The van der Waals surface area contributed by atoms with E-state index in [0.29, 0.717) is 0 Å². The molecule has 2 rings (SSSR count). The van der Waals surface area contributed by atoms with Crippen LogP contribution in [0.3, 0.4) is 0 Å². The Morgan fingerprint density at radius 1 is 1.64 bits per heavy atom. The third-order valence-electron chi connectivity index (χ3n) is 2.66. The lowest BCUT2D eigenvalue weighted by atomic mass is 10.0. The summed E-state index contributed by atoms with van der Waals surface area (Å²) in [5, 5.41) is 4.30. The Hall–Kier alpha value is -1.25. The Kier molecular flexibility index (Phi) is 2.57. The van der Waals surface area contributed by atoms with E-state index < -0.39 is 0 Å². The van der Waals surface area contributed by atoms with Crippen molar-refractivity contribution in [1.82, 2.24) is 0 Å². The smallest absolute Gasteiger partial charge is 0.212 e. The highest BCUT2D eigenvalue weighted by atomic mass is 16.2. The summed E-state index contributed by atoms with van der Waals surface area (Å²) in [5.41, 5.74) is 0.897. The highest BCUT2D eigenvalue weighted by Crippen LogP contribution is 2.19. The molecule has 1 atom stereocenters. The molecule has 0 aromatic rings. The molecular weight excluding hydrogens is 176 g/mol. The zero-order chi connectivity index (χ0) is 9.97. The molecule has 1 heterocycles. The van der Waals surface area contributed by atoms with Gasteiger partial charge >= 0.3 is 5.91 Å². The fraction of sp³-hybridized carbons (Fsp3) is 0.545. The van der Waals surface area contributed by atoms with Crippen molar-refractivity contribution in [3.05, 3.63) is 23.9 Å². The summed E-state index contributed by atoms with van der Waals surface area (Å²) >= 11 is 0. The van der Waals surface area contributed by atoms with E-state index in [2.05, 4.69) is 17.3 Å². The number of carbonyl (C=O) groups excluding carboxylic acids is 1. The Morgan fingerprint density at radius 3 is 3.07 bits per heavy atom. The highest BCUT2D eigenvalue weighted by molar-refractivity contribution is 5.82. The van der Waals surface area contributed by atoms with Crippen LogP contribution in [0.2, 0.25) is 0 Å². The van der Waals surface area contributed by atoms with Gasteiger partial charge in [0.25, 0.3) is 0 Å². The van der Waals surface area contributed by atoms with Gasteiger partial charge in [-0.1, -0.05) is 13.0 Å². The second-order valence-electron chi connectivity index (χ2n) is 3.70. The topological polar surface area (TPSA) is 32.4 Å². The Bertz CT molecular complexity index is 339. The molecule has 0 aromatic heterocycles. The lowest BCUT2D eigenvalue weighted by Gasteiger charge is -2.08. The second kappa shape index (κ2) is 3.86. The minimum absolute atomic E-state index is 0.0402. The quantitative estimate of drug-likeness (QED) is 0.487. The predicted octanol–water partition coefficient (Wildman–Crippen LogP) is 2.39. The monoisotopic (exact) mass is 191 g/mol. The first-order valence-electron chi connectivity index (χ1n) is 5.23. The number of hydrogen-bond acceptors (Lipinski definition) is 2. The fourth-order valence-electron chi connectivity index (χ4n) is 1.83. The van der Waals surface area contributed by atoms with Gasteiger partial charge < -0.3 is 0 Å². The first-order chi connectivity index (χ1) is 6.81. The van der Waals surface area contributed by atoms with Gasteiger partial charge in [-0.05, 0) is 35.2 Å². The number of amides is 1. The summed E-state index contributed by atoms with van der Waals surface area (Å²) in [7, 11) is 0. The van der Waals surface area contributed by atoms with Gasteiger partial charge in [0, 0.05) is 6.42 Å². The third kappa shape index (κ3) is 1.67. The van der Waals surface area contributed by atoms with Crippen molar-refractivity contribution in [3.8, 4) is 0 Å². The van der Waals surface area contributed by atoms with Crippen LogP contribution < -0.4 is 0 Å². The zero-order valence-electron chi connectivity index (χ0n) is 8.44. The molecule has 3 heteroatoms. The van der Waals surface area contributed by atoms with Gasteiger partial charge in [-0.25, -0.2) is 4.79 Å². The molecule has 1 aliphatic heterocycles. The highest BCUT2D eigenvalue weighted by Gasteiger charge is 2.32. The SMILES string of the molecule is CCC1=CC(=O)[N+](C2C=CCCC2)=N1. The maximum atomic E-state index is 11.6. The molecule has 0 bridgehead atoms. The molecule has 1 unspecified atom stereocenters. The summed E-state index contributed by atoms with van der Waals surface area (Å²) < 4.78 is 1.62. The molecule has 0 spiro atoms. The largest absolute Gasteiger partial charge is 0.439 e. The molecule has 0 aromatic carbocycles. The van der Waals surface area contributed by atoms with E-state index in [1.165, 1.54) is 0 Å². The molecule has 74 valence electrons. The van der Waals surface area contributed by atoms with Crippen molar-refractivity contribution in [2.24, 2.45) is 5.11 Å². The van der Waals surface area contributed by atoms with Gasteiger partial charge in [0.05, 0.1) is 6.08 Å². The van der Waals surface area contributed by atoms with E-state index >= 15 is 0 Å². The molecular formula is C11H15N2O+. The first-order valence-corrected chi connectivity index (χ1v) is 5.23. The predicted molar refractivity (Wildman–Crippen MR) is 52.8 cm³/mol. The Balaban J connectivity index is 2.16. The summed E-state index contributed by atoms with van der Waals surface area (Å²) in [4.78, 5) is 11.6. The lowest BCUT2D eigenvalue weighted by Crippen LogP contribution is -2.27. The number of rotatable bonds is 2. The average Bonchev–Trinajstić information content (AvgIpc) is 2.61. The van der Waals surface area contributed by atoms with Crippen LogP contribution >= 0.6 is 0 Å². The van der Waals surface area contributed by atoms with Gasteiger partial charge in [0.1, 0.15) is 5.70 Å². The van der Waals surface area contributed by atoms with Crippen LogP contribution in [0.4, 0.5) is 0 Å². The molecule has 3 nitrogen and oxygen atoms in total. The number of carbonyl (C=O) groups is 1. The van der Waals surface area contributed by atoms with E-state index in [0.717, 1.165) is 31.4 Å². The summed E-state index contributed by atoms with van der Waals surface area (Å²) in [6, 6.07) is 0.191. The van der Waals surface area contributed by atoms with E-state index in [-0.39, 0.29) is 11.9 Å². The van der Waals surface area contributed by atoms with Gasteiger partial charge in [0.15, 0.2) is 0 Å². The van der Waals surface area contributed by atoms with E-state index in [1.807, 2.05) is 6.92 Å². The maximum Gasteiger partial charge on any atom is 0.439 e. The van der Waals surface area contributed by atoms with Crippen LogP contribution in [0, 0.1) is 0 Å². The number of azo groups is 2. The van der Waals surface area contributed by atoms with Gasteiger partial charge in [-0.2, -0.15) is 0 Å². The Morgan fingerprint density at radius 2 is 2.50 bits per heavy atom. The van der Waals surface area contributed by atoms with Crippen molar-refractivity contribution < 1.29 is 9.49 Å². The van der Waals surface area contributed by atoms with Crippen LogP contribution in [0.25, 0.3) is 0 Å². The van der Waals surface area contributed by atoms with Crippen molar-refractivity contribution in [2.45, 2.75) is 38.6 Å². The molecule has 0 fully saturated rings. The molecule has 0 saturated carbocycles. The third-order valence-corrected chi connectivity index (χ3v) is 2.66. The molecule has 2 aliphatic rings. The lowest BCUT2D eigenvalue weighted by molar-refractivity contribution is -0.531. The number of hydrogen-bond donors (Lipinski definition) is 0. The zero-order valence-corrected chi connectivity index (χ0v) is 8.44. The molecule has 1 aliphatic carbocycles. The number of allylic oxidation sites excluding steroid dienone is 2. The van der Waals surface area contributed by atoms with E-state index in [9.17, 15) is 4.79 Å². The standard InChI is InChI=1S/C11H15N2O/c1-2-9-8-11(14)13(12-9)10-6-4-3-5-7-10/h4,6,8,10H,2-3,5,7H2,1H3/q+1. The Labute approximate surface area is 83.8 Å². The summed E-state index contributed by atoms with van der Waals surface area (Å²) in [6.45, 7) is 2.02. The maximum absolute atomic E-state index is 11.6. The molecule has 1 amide bonds. The normalized spacial score (nSPS) is 26.4. The van der Waals surface area contributed by atoms with Crippen LogP contribution in [0.15, 0.2) is 29.0 Å². The number of nitrogens with zero attached hydrogens (tertiary/aromatic N) is 2. The van der Waals surface area contributed by atoms with Crippen LogP contribution in [0.5, 0.6) is 0 Å². The van der Waals surface area contributed by atoms with Crippen molar-refractivity contribution in [1.29, 1.82) is 0 Å². The van der Waals surface area contributed by atoms with E-state index in [1.54, 1.807) is 10.8 Å². The van der Waals surface area contributed by atoms with E-state index in [4.69, 9.17) is 0 Å². The van der Waals surface area contributed by atoms with Crippen molar-refractivity contribution in [3.63, 3.8) is 0 Å². The minimum Gasteiger partial charge on any atom is -0.212 e. The van der Waals surface area contributed by atoms with Gasteiger partial charge in [0.2, 0.25) is 6.04 Å². The molecule has 0 saturated heterocycles. The molecule has 14 heavy (non-hydrogen) atoms. The van der Waals surface area contributed by atoms with Gasteiger partial charge in [-0.15, -0.1) is 0 Å². The minimum atomic E-state index is 0.0402. The fourth-order valence-corrected chi connectivity index (χ4v) is 1.83. The van der Waals surface area contributed by atoms with Crippen LogP contribution in [-0.2, 0) is 4.79 Å². The van der Waals surface area contributed by atoms with Crippen LogP contribution in [0.1, 0.15) is 32.6 Å². The van der Waals surface area contributed by atoms with Crippen LogP contribution in [-0.4, -0.2) is 16.6 Å². The second-order valence-corrected chi connectivity index (χ2v) is 3.70. The average molecular weight is 191 g/mol. The molecule has 0 radical (unpaired) electrons. The first kappa shape index (κ1) is 9.31.